The fourth-order valence-electron chi connectivity index (χ4n) is 2.09. The quantitative estimate of drug-likeness (QED) is 0.728. The minimum absolute atomic E-state index is 0.256. The molecule has 0 radical (unpaired) electrons. The van der Waals surface area contributed by atoms with Gasteiger partial charge in [-0.3, -0.25) is 0 Å². The molecule has 2 aromatic heterocycles. The molecule has 112 valence electrons. The Morgan fingerprint density at radius 2 is 2.18 bits per heavy atom. The molecule has 3 rings (SSSR count). The zero-order valence-corrected chi connectivity index (χ0v) is 12.8. The first-order chi connectivity index (χ1) is 10.6. The van der Waals surface area contributed by atoms with E-state index in [1.54, 1.807) is 19.1 Å². The van der Waals surface area contributed by atoms with E-state index >= 15 is 0 Å². The van der Waals surface area contributed by atoms with Gasteiger partial charge in [0.2, 0.25) is 0 Å². The van der Waals surface area contributed by atoms with Crippen LogP contribution < -0.4 is 10.6 Å². The monoisotopic (exact) mass is 314 g/mol. The third-order valence-corrected chi connectivity index (χ3v) is 3.52. The van der Waals surface area contributed by atoms with Crippen LogP contribution in [-0.4, -0.2) is 14.5 Å². The smallest absolute Gasteiger partial charge is 0.171 e. The van der Waals surface area contributed by atoms with Crippen LogP contribution in [0.5, 0.6) is 0 Å². The summed E-state index contributed by atoms with van der Waals surface area (Å²) in [6.07, 6.45) is 3.88. The number of hydrogen-bond donors (Lipinski definition) is 2. The van der Waals surface area contributed by atoms with Gasteiger partial charge in [0.1, 0.15) is 11.5 Å². The molecule has 0 spiro atoms. The lowest BCUT2D eigenvalue weighted by atomic mass is 10.2. The number of anilines is 1. The summed E-state index contributed by atoms with van der Waals surface area (Å²) in [5, 5.41) is 6.46. The lowest BCUT2D eigenvalue weighted by molar-refractivity contribution is 0.619. The van der Waals surface area contributed by atoms with Crippen molar-refractivity contribution in [3.63, 3.8) is 0 Å². The van der Waals surface area contributed by atoms with E-state index in [-0.39, 0.29) is 5.82 Å². The largest absolute Gasteiger partial charge is 0.357 e. The van der Waals surface area contributed by atoms with E-state index in [9.17, 15) is 4.39 Å². The molecule has 0 atom stereocenters. The van der Waals surface area contributed by atoms with Crippen molar-refractivity contribution in [1.29, 1.82) is 0 Å². The Morgan fingerprint density at radius 1 is 1.32 bits per heavy atom. The number of rotatable bonds is 3. The van der Waals surface area contributed by atoms with Gasteiger partial charge in [-0.2, -0.15) is 0 Å². The second-order valence-corrected chi connectivity index (χ2v) is 5.38. The van der Waals surface area contributed by atoms with Crippen LogP contribution in [0.25, 0.3) is 5.65 Å². The van der Waals surface area contributed by atoms with Crippen molar-refractivity contribution in [1.82, 2.24) is 14.7 Å². The highest BCUT2D eigenvalue weighted by atomic mass is 32.1. The molecule has 0 amide bonds. The summed E-state index contributed by atoms with van der Waals surface area (Å²) in [5.74, 6) is -0.256. The maximum Gasteiger partial charge on any atom is 0.171 e. The predicted octanol–water partition coefficient (Wildman–Crippen LogP) is 3.27. The first kappa shape index (κ1) is 14.5. The van der Waals surface area contributed by atoms with Gasteiger partial charge < -0.3 is 15.0 Å². The fourth-order valence-corrected chi connectivity index (χ4v) is 2.28. The van der Waals surface area contributed by atoms with E-state index in [1.165, 1.54) is 6.07 Å². The van der Waals surface area contributed by atoms with Crippen molar-refractivity contribution in [3.8, 4) is 0 Å². The molecule has 0 aliphatic heterocycles. The predicted molar refractivity (Wildman–Crippen MR) is 89.4 cm³/mol. The number of aryl methyl sites for hydroxylation is 1. The van der Waals surface area contributed by atoms with Crippen molar-refractivity contribution in [2.45, 2.75) is 13.5 Å². The van der Waals surface area contributed by atoms with Crippen LogP contribution in [0, 0.1) is 12.7 Å². The summed E-state index contributed by atoms with van der Waals surface area (Å²) in [6, 6.07) is 10.8. The molecule has 1 aromatic carbocycles. The minimum atomic E-state index is -0.256. The molecule has 2 heterocycles. The summed E-state index contributed by atoms with van der Waals surface area (Å²) in [6.45, 7) is 2.22. The number of benzene rings is 1. The van der Waals surface area contributed by atoms with Crippen LogP contribution >= 0.6 is 12.2 Å². The van der Waals surface area contributed by atoms with Gasteiger partial charge in [0.05, 0.1) is 12.2 Å². The van der Waals surface area contributed by atoms with E-state index < -0.39 is 0 Å². The van der Waals surface area contributed by atoms with Crippen LogP contribution in [0.3, 0.4) is 0 Å². The van der Waals surface area contributed by atoms with Crippen molar-refractivity contribution < 1.29 is 4.39 Å². The second-order valence-electron chi connectivity index (χ2n) is 4.97. The number of fused-ring (bicyclic) bond motifs is 1. The van der Waals surface area contributed by atoms with Gasteiger partial charge in [0, 0.05) is 18.1 Å². The zero-order valence-electron chi connectivity index (χ0n) is 12.0. The summed E-state index contributed by atoms with van der Waals surface area (Å²) in [5.41, 5.74) is 2.99. The Labute approximate surface area is 133 Å². The summed E-state index contributed by atoms with van der Waals surface area (Å²) < 4.78 is 15.4. The lowest BCUT2D eigenvalue weighted by Gasteiger charge is -2.10. The van der Waals surface area contributed by atoms with Crippen LogP contribution in [0.2, 0.25) is 0 Å². The molecular weight excluding hydrogens is 299 g/mol. The maximum absolute atomic E-state index is 13.5. The Balaban J connectivity index is 1.60. The highest BCUT2D eigenvalue weighted by Crippen LogP contribution is 2.13. The molecule has 3 aromatic rings. The summed E-state index contributed by atoms with van der Waals surface area (Å²) in [7, 11) is 0. The molecule has 2 N–H and O–H groups in total. The van der Waals surface area contributed by atoms with E-state index in [4.69, 9.17) is 12.2 Å². The fraction of sp³-hybridized carbons (Fsp3) is 0.125. The number of halogens is 1. The molecule has 4 nitrogen and oxygen atoms in total. The van der Waals surface area contributed by atoms with Gasteiger partial charge in [-0.25, -0.2) is 9.37 Å². The number of nitrogens with one attached hydrogen (secondary N) is 2. The van der Waals surface area contributed by atoms with Gasteiger partial charge in [-0.15, -0.1) is 0 Å². The van der Waals surface area contributed by atoms with Crippen LogP contribution in [0.1, 0.15) is 11.3 Å². The van der Waals surface area contributed by atoms with E-state index in [0.717, 1.165) is 11.3 Å². The van der Waals surface area contributed by atoms with Crippen LogP contribution in [0.15, 0.2) is 48.8 Å². The van der Waals surface area contributed by atoms with E-state index in [2.05, 4.69) is 15.6 Å². The molecule has 0 aliphatic rings. The highest BCUT2D eigenvalue weighted by Gasteiger charge is 2.04. The first-order valence-electron chi connectivity index (χ1n) is 6.85. The van der Waals surface area contributed by atoms with Crippen LogP contribution in [-0.2, 0) is 6.54 Å². The van der Waals surface area contributed by atoms with E-state index in [0.29, 0.717) is 22.9 Å². The van der Waals surface area contributed by atoms with Crippen molar-refractivity contribution in [2.75, 3.05) is 5.32 Å². The minimum Gasteiger partial charge on any atom is -0.357 e. The Bertz CT molecular complexity index is 795. The second kappa shape index (κ2) is 6.11. The summed E-state index contributed by atoms with van der Waals surface area (Å²) >= 11 is 5.21. The van der Waals surface area contributed by atoms with Gasteiger partial charge in [0.15, 0.2) is 5.11 Å². The van der Waals surface area contributed by atoms with Gasteiger partial charge in [-0.05, 0) is 49.0 Å². The normalized spacial score (nSPS) is 10.6. The average molecular weight is 314 g/mol. The highest BCUT2D eigenvalue weighted by molar-refractivity contribution is 7.80. The lowest BCUT2D eigenvalue weighted by Crippen LogP contribution is -2.28. The third-order valence-electron chi connectivity index (χ3n) is 3.27. The number of imidazole rings is 1. The topological polar surface area (TPSA) is 41.4 Å². The number of aromatic nitrogens is 2. The summed E-state index contributed by atoms with van der Waals surface area (Å²) in [4.78, 5) is 4.47. The van der Waals surface area contributed by atoms with Crippen molar-refractivity contribution in [2.24, 2.45) is 0 Å². The van der Waals surface area contributed by atoms with E-state index in [1.807, 2.05) is 35.0 Å². The maximum atomic E-state index is 13.5. The standard InChI is InChI=1S/C16H15FN4S/c1-11-5-6-12(8-14(11)17)20-16(22)18-9-13-10-21-7-3-2-4-15(21)19-13/h2-8,10H,9H2,1H3,(H2,18,20,22). The number of thiocarbonyl (C=S) groups is 1. The van der Waals surface area contributed by atoms with Gasteiger partial charge in [-0.1, -0.05) is 12.1 Å². The zero-order chi connectivity index (χ0) is 15.5. The van der Waals surface area contributed by atoms with Crippen molar-refractivity contribution >= 4 is 28.7 Å². The number of nitrogens with zero attached hydrogens (tertiary/aromatic N) is 2. The molecular formula is C16H15FN4S. The SMILES string of the molecule is Cc1ccc(NC(=S)NCc2cn3ccccc3n2)cc1F. The Kier molecular flexibility index (Phi) is 4.02. The van der Waals surface area contributed by atoms with Crippen molar-refractivity contribution in [3.05, 3.63) is 65.9 Å². The Hall–Kier alpha value is -2.47. The third kappa shape index (κ3) is 3.23. The molecule has 0 saturated heterocycles. The molecule has 6 heteroatoms. The van der Waals surface area contributed by atoms with Crippen LogP contribution in [0.4, 0.5) is 10.1 Å². The van der Waals surface area contributed by atoms with Gasteiger partial charge >= 0.3 is 0 Å². The first-order valence-corrected chi connectivity index (χ1v) is 7.26. The molecule has 22 heavy (non-hydrogen) atoms. The average Bonchev–Trinajstić information content (AvgIpc) is 2.92. The molecule has 0 aliphatic carbocycles. The molecule has 0 fully saturated rings. The number of pyridine rings is 1. The molecule has 0 unspecified atom stereocenters. The Morgan fingerprint density at radius 3 is 2.95 bits per heavy atom. The van der Waals surface area contributed by atoms with Gasteiger partial charge in [0.25, 0.3) is 0 Å². The molecule has 0 saturated carbocycles. The number of hydrogen-bond acceptors (Lipinski definition) is 2. The molecule has 0 bridgehead atoms.